The van der Waals surface area contributed by atoms with E-state index in [1.54, 1.807) is 6.92 Å². The zero-order valence-corrected chi connectivity index (χ0v) is 20.0. The molecule has 0 aromatic heterocycles. The van der Waals surface area contributed by atoms with E-state index in [4.69, 9.17) is 0 Å². The Kier molecular flexibility index (Phi) is 6.60. The largest absolute Gasteiger partial charge is 0.393 e. The van der Waals surface area contributed by atoms with Crippen LogP contribution in [-0.4, -0.2) is 56.1 Å². The van der Waals surface area contributed by atoms with Gasteiger partial charge < -0.3 is 25.5 Å². The summed E-state index contributed by atoms with van der Waals surface area (Å²) in [5.41, 5.74) is -0.0920. The first-order valence-corrected chi connectivity index (χ1v) is 12.9. The zero-order valence-electron chi connectivity index (χ0n) is 20.0. The topological polar surface area (TPSA) is 101 Å². The fourth-order valence-corrected chi connectivity index (χ4v) is 9.01. The molecule has 0 spiro atoms. The maximum absolute atomic E-state index is 11.6. The Balaban J connectivity index is 1.55. The highest BCUT2D eigenvalue weighted by molar-refractivity contribution is 5.14. The number of aliphatic hydroxyl groups excluding tert-OH is 5. The van der Waals surface area contributed by atoms with E-state index in [0.717, 1.165) is 51.4 Å². The van der Waals surface area contributed by atoms with E-state index in [2.05, 4.69) is 20.8 Å². The highest BCUT2D eigenvalue weighted by atomic mass is 16.3. The summed E-state index contributed by atoms with van der Waals surface area (Å²) in [4.78, 5) is 0. The molecule has 0 aromatic carbocycles. The number of aliphatic hydroxyl groups is 5. The highest BCUT2D eigenvalue weighted by Gasteiger charge is 2.65. The van der Waals surface area contributed by atoms with Gasteiger partial charge in [0.05, 0.1) is 30.5 Å². The Labute approximate surface area is 188 Å². The quantitative estimate of drug-likeness (QED) is 0.454. The SMILES string of the molecule is CC(O)C(O)CC[C@@H](C)[C@@H]1CC[C@H]2[C@@H]3[C@H](O)C[C@@H]4C[C@H](O)CC[C@]4(C)[C@H]3C[C@H](O)[C@@]21C. The van der Waals surface area contributed by atoms with Crippen LogP contribution in [0.15, 0.2) is 0 Å². The van der Waals surface area contributed by atoms with E-state index in [9.17, 15) is 25.5 Å². The van der Waals surface area contributed by atoms with Crippen molar-refractivity contribution in [2.45, 2.75) is 116 Å². The van der Waals surface area contributed by atoms with Crippen LogP contribution in [0.3, 0.4) is 0 Å². The summed E-state index contributed by atoms with van der Waals surface area (Å²) in [6.07, 6.45) is 5.40. The van der Waals surface area contributed by atoms with Gasteiger partial charge in [0.15, 0.2) is 0 Å². The Morgan fingerprint density at radius 1 is 0.871 bits per heavy atom. The van der Waals surface area contributed by atoms with Crippen LogP contribution in [0.1, 0.15) is 85.5 Å². The molecular weight excluding hydrogens is 392 g/mol. The van der Waals surface area contributed by atoms with Gasteiger partial charge in [-0.2, -0.15) is 0 Å². The Bertz CT molecular complexity index is 639. The number of fused-ring (bicyclic) bond motifs is 5. The predicted molar refractivity (Wildman–Crippen MR) is 120 cm³/mol. The van der Waals surface area contributed by atoms with Crippen molar-refractivity contribution in [1.82, 2.24) is 0 Å². The van der Waals surface area contributed by atoms with E-state index in [-0.39, 0.29) is 35.1 Å². The Hall–Kier alpha value is -0.200. The molecule has 0 saturated heterocycles. The van der Waals surface area contributed by atoms with E-state index in [1.807, 2.05) is 0 Å². The lowest BCUT2D eigenvalue weighted by atomic mass is 9.43. The van der Waals surface area contributed by atoms with Gasteiger partial charge in [-0.05, 0) is 111 Å². The minimum Gasteiger partial charge on any atom is -0.393 e. The molecule has 5 N–H and O–H groups in total. The molecule has 180 valence electrons. The molecule has 5 nitrogen and oxygen atoms in total. The van der Waals surface area contributed by atoms with Gasteiger partial charge in [-0.25, -0.2) is 0 Å². The van der Waals surface area contributed by atoms with Crippen LogP contribution in [0.25, 0.3) is 0 Å². The summed E-state index contributed by atoms with van der Waals surface area (Å²) in [5.74, 6) is 1.99. The third-order valence-electron chi connectivity index (χ3n) is 11.0. The van der Waals surface area contributed by atoms with Gasteiger partial charge in [-0.15, -0.1) is 0 Å². The molecule has 4 saturated carbocycles. The first kappa shape index (κ1) is 23.9. The summed E-state index contributed by atoms with van der Waals surface area (Å²) in [6.45, 7) is 8.51. The van der Waals surface area contributed by atoms with Crippen LogP contribution >= 0.6 is 0 Å². The van der Waals surface area contributed by atoms with Gasteiger partial charge in [0.1, 0.15) is 0 Å². The number of rotatable bonds is 5. The van der Waals surface area contributed by atoms with Crippen molar-refractivity contribution in [3.63, 3.8) is 0 Å². The minimum absolute atomic E-state index is 0.108. The van der Waals surface area contributed by atoms with Crippen LogP contribution in [0, 0.1) is 46.3 Å². The maximum atomic E-state index is 11.6. The standard InChI is InChI=1S/C26H46O5/c1-14(5-8-21(29)15(2)27)18-6-7-19-24-20(13-23(31)26(18,19)4)25(3)10-9-17(28)11-16(25)12-22(24)30/h14-24,27-31H,5-13H2,1-4H3/t14-,15?,16+,17-,18+,19+,20+,21?,22-,23+,24+,25+,26-/m1/s1. The second-order valence-electron chi connectivity index (χ2n) is 12.4. The molecule has 0 aliphatic heterocycles. The second kappa shape index (κ2) is 8.54. The lowest BCUT2D eigenvalue weighted by molar-refractivity contribution is -0.207. The molecule has 0 amide bonds. The number of hydrogen-bond donors (Lipinski definition) is 5. The lowest BCUT2D eigenvalue weighted by Gasteiger charge is -2.63. The van der Waals surface area contributed by atoms with E-state index >= 15 is 0 Å². The maximum Gasteiger partial charge on any atom is 0.0796 e. The molecule has 5 heteroatoms. The van der Waals surface area contributed by atoms with Crippen molar-refractivity contribution in [2.24, 2.45) is 46.3 Å². The molecule has 31 heavy (non-hydrogen) atoms. The third-order valence-corrected chi connectivity index (χ3v) is 11.0. The average molecular weight is 439 g/mol. The number of hydrogen-bond acceptors (Lipinski definition) is 5. The van der Waals surface area contributed by atoms with Crippen LogP contribution in [0.2, 0.25) is 0 Å². The van der Waals surface area contributed by atoms with Gasteiger partial charge in [0.25, 0.3) is 0 Å². The molecule has 13 atom stereocenters. The molecule has 4 rings (SSSR count). The first-order valence-electron chi connectivity index (χ1n) is 12.9. The van der Waals surface area contributed by atoms with Crippen LogP contribution < -0.4 is 0 Å². The Morgan fingerprint density at radius 2 is 1.58 bits per heavy atom. The highest BCUT2D eigenvalue weighted by Crippen LogP contribution is 2.68. The van der Waals surface area contributed by atoms with Gasteiger partial charge in [-0.3, -0.25) is 0 Å². The van der Waals surface area contributed by atoms with Crippen molar-refractivity contribution >= 4 is 0 Å². The molecule has 4 aliphatic carbocycles. The van der Waals surface area contributed by atoms with Crippen molar-refractivity contribution in [2.75, 3.05) is 0 Å². The first-order chi connectivity index (χ1) is 14.5. The predicted octanol–water partition coefficient (Wildman–Crippen LogP) is 3.11. The average Bonchev–Trinajstić information content (AvgIpc) is 3.06. The van der Waals surface area contributed by atoms with Crippen molar-refractivity contribution in [1.29, 1.82) is 0 Å². The van der Waals surface area contributed by atoms with Crippen LogP contribution in [0.5, 0.6) is 0 Å². The van der Waals surface area contributed by atoms with Gasteiger partial charge in [0.2, 0.25) is 0 Å². The molecule has 4 aliphatic rings. The molecule has 0 heterocycles. The molecule has 0 aromatic rings. The smallest absolute Gasteiger partial charge is 0.0796 e. The third kappa shape index (κ3) is 3.80. The molecule has 0 radical (unpaired) electrons. The summed E-state index contributed by atoms with van der Waals surface area (Å²) in [7, 11) is 0. The fourth-order valence-electron chi connectivity index (χ4n) is 9.01. The van der Waals surface area contributed by atoms with E-state index in [1.165, 1.54) is 0 Å². The molecule has 2 unspecified atom stereocenters. The van der Waals surface area contributed by atoms with Crippen molar-refractivity contribution in [3.8, 4) is 0 Å². The summed E-state index contributed by atoms with van der Waals surface area (Å²) < 4.78 is 0. The van der Waals surface area contributed by atoms with Crippen molar-refractivity contribution in [3.05, 3.63) is 0 Å². The zero-order chi connectivity index (χ0) is 22.7. The second-order valence-corrected chi connectivity index (χ2v) is 12.4. The van der Waals surface area contributed by atoms with Gasteiger partial charge >= 0.3 is 0 Å². The van der Waals surface area contributed by atoms with Crippen molar-refractivity contribution < 1.29 is 25.5 Å². The fraction of sp³-hybridized carbons (Fsp3) is 1.00. The van der Waals surface area contributed by atoms with Crippen LogP contribution in [0.4, 0.5) is 0 Å². The minimum atomic E-state index is -0.708. The summed E-state index contributed by atoms with van der Waals surface area (Å²) >= 11 is 0. The molecular formula is C26H46O5. The molecule has 0 bridgehead atoms. The van der Waals surface area contributed by atoms with Gasteiger partial charge in [-0.1, -0.05) is 20.8 Å². The van der Waals surface area contributed by atoms with E-state index < -0.39 is 12.2 Å². The summed E-state index contributed by atoms with van der Waals surface area (Å²) in [6, 6.07) is 0. The van der Waals surface area contributed by atoms with Gasteiger partial charge in [0, 0.05) is 0 Å². The van der Waals surface area contributed by atoms with E-state index in [0.29, 0.717) is 36.0 Å². The monoisotopic (exact) mass is 438 g/mol. The van der Waals surface area contributed by atoms with Crippen LogP contribution in [-0.2, 0) is 0 Å². The molecule has 4 fully saturated rings. The lowest BCUT2D eigenvalue weighted by Crippen LogP contribution is -2.62. The Morgan fingerprint density at radius 3 is 2.26 bits per heavy atom. The summed E-state index contributed by atoms with van der Waals surface area (Å²) in [5, 5.41) is 52.9. The normalized spacial score (nSPS) is 52.5.